The number of hydrogen-bond acceptors (Lipinski definition) is 0. The van der Waals surface area contributed by atoms with E-state index in [-0.39, 0.29) is 0 Å². The van der Waals surface area contributed by atoms with Crippen LogP contribution in [-0.2, 0) is 26.1 Å². The molecule has 0 amide bonds. The van der Waals surface area contributed by atoms with Crippen LogP contribution in [0.3, 0.4) is 0 Å². The van der Waals surface area contributed by atoms with Gasteiger partial charge in [0.05, 0.1) is 0 Å². The summed E-state index contributed by atoms with van der Waals surface area (Å²) < 4.78 is 0. The Bertz CT molecular complexity index is 65.5. The van der Waals surface area contributed by atoms with Gasteiger partial charge in [0.25, 0.3) is 0 Å². The second-order valence-electron chi connectivity index (χ2n) is 0.875. The molecule has 0 spiro atoms. The van der Waals surface area contributed by atoms with Crippen molar-refractivity contribution in [3.05, 3.63) is 0 Å². The minimum absolute atomic E-state index is 1.06. The molecule has 9 heteroatoms. The van der Waals surface area contributed by atoms with Gasteiger partial charge >= 0.3 is 92.0 Å². The summed E-state index contributed by atoms with van der Waals surface area (Å²) in [6.45, 7) is 0. The predicted octanol–water partition coefficient (Wildman–Crippen LogP) is 4.82. The molecule has 9 heavy (non-hydrogen) atoms. The van der Waals surface area contributed by atoms with E-state index in [0.717, 1.165) is 18.8 Å². The maximum atomic E-state index is 5.07. The van der Waals surface area contributed by atoms with E-state index in [9.17, 15) is 0 Å². The van der Waals surface area contributed by atoms with Crippen LogP contribution >= 0.6 is 65.9 Å². The van der Waals surface area contributed by atoms with E-state index < -0.39 is 7.31 Å². The van der Waals surface area contributed by atoms with Gasteiger partial charge in [0.2, 0.25) is 0 Å². The molecule has 0 rings (SSSR count). The second-order valence-corrected chi connectivity index (χ2v) is 64.4. The molecule has 0 nitrogen and oxygen atoms in total. The average molecular weight is 616 g/mol. The van der Waals surface area contributed by atoms with Crippen LogP contribution in [0.1, 0.15) is 0 Å². The van der Waals surface area contributed by atoms with E-state index in [1.165, 1.54) is 0 Å². The number of halogens is 7. The summed E-state index contributed by atoms with van der Waals surface area (Å²) >= 11 is 1.06. The molecule has 0 saturated carbocycles. The van der Waals surface area contributed by atoms with Gasteiger partial charge in [-0.05, 0) is 0 Å². The molecule has 0 aromatic heterocycles. The van der Waals surface area contributed by atoms with Gasteiger partial charge in [0, 0.05) is 0 Å². The Morgan fingerprint density at radius 2 is 0.667 bits per heavy atom. The number of hydrogen-bond donors (Lipinski definition) is 0. The maximum absolute atomic E-state index is 5.47. The van der Waals surface area contributed by atoms with Crippen LogP contribution in [0.4, 0.5) is 0 Å². The summed E-state index contributed by atoms with van der Waals surface area (Å²) in [5, 5.41) is 0. The third-order valence-corrected chi connectivity index (χ3v) is 0. The van der Waals surface area contributed by atoms with Gasteiger partial charge in [0.15, 0.2) is 0 Å². The average Bonchev–Trinajstić information content (AvgIpc) is 1.30. The van der Waals surface area contributed by atoms with Crippen LogP contribution in [0.25, 0.3) is 0 Å². The van der Waals surface area contributed by atoms with Crippen molar-refractivity contribution in [3.8, 4) is 0 Å². The first-order valence-corrected chi connectivity index (χ1v) is 26.5. The summed E-state index contributed by atoms with van der Waals surface area (Å²) in [4.78, 5) is 0. The molecule has 0 N–H and O–H groups in total. The Morgan fingerprint density at radius 1 is 0.667 bits per heavy atom. The number of rotatable bonds is 0. The summed E-state index contributed by atoms with van der Waals surface area (Å²) in [5.74, 6) is 0. The van der Waals surface area contributed by atoms with E-state index in [2.05, 4.69) is 0 Å². The fourth-order valence-electron chi connectivity index (χ4n) is 0. The molecule has 0 aromatic carbocycles. The topological polar surface area (TPSA) is 0 Å². The Labute approximate surface area is 90.2 Å². The first-order chi connectivity index (χ1) is 3.45. The van der Waals surface area contributed by atoms with Crippen molar-refractivity contribution in [1.82, 2.24) is 0 Å². The Balaban J connectivity index is 0. The van der Waals surface area contributed by atoms with Crippen LogP contribution < -0.4 is 0 Å². The molecule has 0 heterocycles. The monoisotopic (exact) mass is 613 g/mol. The van der Waals surface area contributed by atoms with Gasteiger partial charge in [-0.15, -0.1) is 0 Å². The predicted molar refractivity (Wildman–Crippen MR) is 41.0 cm³/mol. The Hall–Kier alpha value is 3.41. The van der Waals surface area contributed by atoms with Gasteiger partial charge in [-0.25, -0.2) is 0 Å². The van der Waals surface area contributed by atoms with E-state index in [4.69, 9.17) is 65.9 Å². The van der Waals surface area contributed by atoms with Gasteiger partial charge in [-0.3, -0.25) is 0 Å². The van der Waals surface area contributed by atoms with Crippen molar-refractivity contribution in [3.63, 3.8) is 0 Å². The van der Waals surface area contributed by atoms with Crippen LogP contribution in [0.2, 0.25) is 0 Å². The molecule has 0 fully saturated rings. The van der Waals surface area contributed by atoms with Crippen LogP contribution in [0.15, 0.2) is 0 Å². The van der Waals surface area contributed by atoms with E-state index in [1.807, 2.05) is 0 Å². The standard InChI is InChI=1S/7ClH.2W/h7*1H;;/q;;;;;;;+1;+6/p-7. The van der Waals surface area contributed by atoms with Crippen molar-refractivity contribution in [1.29, 1.82) is 0 Å². The van der Waals surface area contributed by atoms with Crippen LogP contribution in [-0.4, -0.2) is 0 Å². The molecule has 0 aliphatic heterocycles. The molecule has 0 unspecified atom stereocenters. The van der Waals surface area contributed by atoms with Gasteiger partial charge in [-0.1, -0.05) is 0 Å². The molecule has 0 bridgehead atoms. The third-order valence-electron chi connectivity index (χ3n) is 0. The van der Waals surface area contributed by atoms with Crippen molar-refractivity contribution in [2.45, 2.75) is 0 Å². The SMILES string of the molecule is [Cl][W].[Cl][W]([Cl])([Cl])([Cl])([Cl])[Cl]. The first kappa shape index (κ1) is 14.9. The Kier molecular flexibility index (Phi) is 6.04. The molecular formula is Cl7W2. The molecular weight excluding hydrogens is 616 g/mol. The molecule has 0 aliphatic carbocycles. The molecule has 61 valence electrons. The van der Waals surface area contributed by atoms with Crippen LogP contribution in [0.5, 0.6) is 0 Å². The van der Waals surface area contributed by atoms with Crippen molar-refractivity contribution in [2.75, 3.05) is 0 Å². The summed E-state index contributed by atoms with van der Waals surface area (Å²) in [6, 6.07) is 0. The van der Waals surface area contributed by atoms with Crippen molar-refractivity contribution in [2.24, 2.45) is 0 Å². The van der Waals surface area contributed by atoms with Gasteiger partial charge < -0.3 is 0 Å². The fourth-order valence-corrected chi connectivity index (χ4v) is 0. The first-order valence-electron chi connectivity index (χ1n) is 1.08. The third kappa shape index (κ3) is 87.0. The normalized spacial score (nSPS) is 18.6. The zero-order valence-corrected chi connectivity index (χ0v) is 14.6. The molecule has 0 aliphatic rings. The Morgan fingerprint density at radius 3 is 0.667 bits per heavy atom. The molecule has 0 aromatic rings. The second kappa shape index (κ2) is 3.65. The van der Waals surface area contributed by atoms with Crippen LogP contribution in [0, 0.1) is 0 Å². The summed E-state index contributed by atoms with van der Waals surface area (Å²) in [6.07, 6.45) is 0. The van der Waals surface area contributed by atoms with Gasteiger partial charge in [-0.2, -0.15) is 0 Å². The minimum atomic E-state index is -5.47. The van der Waals surface area contributed by atoms with E-state index in [1.54, 1.807) is 0 Å². The summed E-state index contributed by atoms with van der Waals surface area (Å²) in [7, 11) is 29.7. The van der Waals surface area contributed by atoms with E-state index >= 15 is 0 Å². The molecule has 0 saturated heterocycles. The van der Waals surface area contributed by atoms with Gasteiger partial charge in [0.1, 0.15) is 0 Å². The summed E-state index contributed by atoms with van der Waals surface area (Å²) in [5.41, 5.74) is 0. The zero-order chi connectivity index (χ0) is 8.41. The van der Waals surface area contributed by atoms with Crippen molar-refractivity contribution >= 4 is 65.9 Å². The van der Waals surface area contributed by atoms with E-state index in [0.29, 0.717) is 0 Å². The van der Waals surface area contributed by atoms with Crippen molar-refractivity contribution < 1.29 is 26.1 Å². The quantitative estimate of drug-likeness (QED) is 0.367. The fraction of sp³-hybridized carbons (Fsp3) is 0. The molecule has 0 radical (unpaired) electrons. The molecule has 0 atom stereocenters. The zero-order valence-electron chi connectivity index (χ0n) is 3.46.